The molecule has 2 N–H and O–H groups in total. The highest BCUT2D eigenvalue weighted by atomic mass is 32.2. The molecule has 0 spiro atoms. The van der Waals surface area contributed by atoms with Gasteiger partial charge < -0.3 is 5.73 Å². The Morgan fingerprint density at radius 1 is 1.16 bits per heavy atom. The van der Waals surface area contributed by atoms with Crippen LogP contribution in [0.2, 0.25) is 0 Å². The molecule has 2 saturated heterocycles. The Morgan fingerprint density at radius 3 is 2.47 bits per heavy atom. The largest absolute Gasteiger partial charge is 0.329 e. The van der Waals surface area contributed by atoms with Crippen molar-refractivity contribution in [2.24, 2.45) is 17.6 Å². The molecule has 0 aromatic rings. The molecule has 0 amide bonds. The molecular weight excluding hydrogens is 262 g/mol. The van der Waals surface area contributed by atoms with Gasteiger partial charge in [0.1, 0.15) is 0 Å². The summed E-state index contributed by atoms with van der Waals surface area (Å²) >= 11 is 0. The van der Waals surface area contributed by atoms with Crippen molar-refractivity contribution in [3.8, 4) is 0 Å². The van der Waals surface area contributed by atoms with Crippen LogP contribution in [0.15, 0.2) is 0 Å². The predicted molar refractivity (Wildman–Crippen MR) is 76.8 cm³/mol. The molecule has 0 bridgehead atoms. The summed E-state index contributed by atoms with van der Waals surface area (Å²) in [7, 11) is -3.33. The van der Waals surface area contributed by atoms with Gasteiger partial charge in [0.25, 0.3) is 10.2 Å². The minimum absolute atomic E-state index is 0.0315. The van der Waals surface area contributed by atoms with Gasteiger partial charge in [-0.15, -0.1) is 0 Å². The molecule has 5 nitrogen and oxygen atoms in total. The number of rotatable bonds is 3. The smallest absolute Gasteiger partial charge is 0.282 e. The summed E-state index contributed by atoms with van der Waals surface area (Å²) in [5.41, 5.74) is 5.81. The molecule has 0 aromatic carbocycles. The Kier molecular flexibility index (Phi) is 4.87. The molecule has 19 heavy (non-hydrogen) atoms. The lowest BCUT2D eigenvalue weighted by Gasteiger charge is -2.42. The van der Waals surface area contributed by atoms with Gasteiger partial charge in [0.05, 0.1) is 0 Å². The SMILES string of the molecule is C[C@@H]1CCCN(S(=O)(=O)N2CCC[C@@H](C)[C@@H]2CN)C1. The zero-order valence-corrected chi connectivity index (χ0v) is 12.9. The highest BCUT2D eigenvalue weighted by Crippen LogP contribution is 2.28. The van der Waals surface area contributed by atoms with Crippen LogP contribution in [0, 0.1) is 11.8 Å². The monoisotopic (exact) mass is 289 g/mol. The lowest BCUT2D eigenvalue weighted by atomic mass is 9.93. The van der Waals surface area contributed by atoms with E-state index in [0.717, 1.165) is 25.7 Å². The first-order valence-electron chi connectivity index (χ1n) is 7.43. The Labute approximate surface area is 117 Å². The fourth-order valence-corrected chi connectivity index (χ4v) is 5.45. The van der Waals surface area contributed by atoms with Crippen LogP contribution in [0.5, 0.6) is 0 Å². The minimum Gasteiger partial charge on any atom is -0.329 e. The number of hydrogen-bond acceptors (Lipinski definition) is 3. The van der Waals surface area contributed by atoms with Crippen molar-refractivity contribution in [2.75, 3.05) is 26.2 Å². The van der Waals surface area contributed by atoms with Crippen molar-refractivity contribution in [2.45, 2.75) is 45.6 Å². The number of piperidine rings is 2. The first-order valence-corrected chi connectivity index (χ1v) is 8.83. The highest BCUT2D eigenvalue weighted by Gasteiger charge is 2.39. The predicted octanol–water partition coefficient (Wildman–Crippen LogP) is 1.02. The standard InChI is InChI=1S/C13H27N3O2S/c1-11-5-3-7-15(10-11)19(17,18)16-8-4-6-12(2)13(16)9-14/h11-13H,3-10,14H2,1-2H3/t11-,12-,13+/m1/s1. The second-order valence-corrected chi connectivity index (χ2v) is 8.03. The van der Waals surface area contributed by atoms with Crippen LogP contribution < -0.4 is 5.73 Å². The van der Waals surface area contributed by atoms with E-state index < -0.39 is 10.2 Å². The molecule has 2 heterocycles. The summed E-state index contributed by atoms with van der Waals surface area (Å²) in [4.78, 5) is 0. The van der Waals surface area contributed by atoms with E-state index in [4.69, 9.17) is 5.73 Å². The van der Waals surface area contributed by atoms with Crippen LogP contribution >= 0.6 is 0 Å². The van der Waals surface area contributed by atoms with E-state index in [0.29, 0.717) is 38.0 Å². The molecule has 112 valence electrons. The molecule has 2 rings (SSSR count). The maximum Gasteiger partial charge on any atom is 0.282 e. The van der Waals surface area contributed by atoms with Crippen molar-refractivity contribution in [1.29, 1.82) is 0 Å². The number of nitrogens with two attached hydrogens (primary N) is 1. The fraction of sp³-hybridized carbons (Fsp3) is 1.00. The molecule has 0 radical (unpaired) electrons. The summed E-state index contributed by atoms with van der Waals surface area (Å²) in [6.45, 7) is 6.60. The Hall–Kier alpha value is -0.170. The average molecular weight is 289 g/mol. The molecule has 0 saturated carbocycles. The summed E-state index contributed by atoms with van der Waals surface area (Å²) in [6.07, 6.45) is 4.12. The van der Waals surface area contributed by atoms with E-state index >= 15 is 0 Å². The van der Waals surface area contributed by atoms with E-state index in [1.807, 2.05) is 0 Å². The van der Waals surface area contributed by atoms with Crippen LogP contribution in [0.3, 0.4) is 0 Å². The van der Waals surface area contributed by atoms with Gasteiger partial charge in [-0.1, -0.05) is 13.8 Å². The van der Waals surface area contributed by atoms with Gasteiger partial charge in [-0.3, -0.25) is 0 Å². The van der Waals surface area contributed by atoms with Crippen LogP contribution in [-0.2, 0) is 10.2 Å². The molecule has 0 aliphatic carbocycles. The molecule has 0 aromatic heterocycles. The lowest BCUT2D eigenvalue weighted by molar-refractivity contribution is 0.171. The first kappa shape index (κ1) is 15.2. The Bertz CT molecular complexity index is 399. The van der Waals surface area contributed by atoms with Crippen molar-refractivity contribution in [3.63, 3.8) is 0 Å². The van der Waals surface area contributed by atoms with Gasteiger partial charge in [-0.25, -0.2) is 0 Å². The van der Waals surface area contributed by atoms with Crippen LogP contribution in [-0.4, -0.2) is 49.2 Å². The summed E-state index contributed by atoms with van der Waals surface area (Å²) in [5, 5.41) is 0. The quantitative estimate of drug-likeness (QED) is 0.843. The van der Waals surface area contributed by atoms with Crippen molar-refractivity contribution in [1.82, 2.24) is 8.61 Å². The molecule has 6 heteroatoms. The average Bonchev–Trinajstić information content (AvgIpc) is 2.38. The Morgan fingerprint density at radius 2 is 1.84 bits per heavy atom. The van der Waals surface area contributed by atoms with Gasteiger partial charge in [-0.05, 0) is 37.5 Å². The fourth-order valence-electron chi connectivity index (χ4n) is 3.35. The van der Waals surface area contributed by atoms with E-state index in [2.05, 4.69) is 13.8 Å². The van der Waals surface area contributed by atoms with Gasteiger partial charge in [-0.2, -0.15) is 17.0 Å². The third kappa shape index (κ3) is 3.12. The van der Waals surface area contributed by atoms with E-state index in [-0.39, 0.29) is 6.04 Å². The summed E-state index contributed by atoms with van der Waals surface area (Å²) in [5.74, 6) is 0.817. The van der Waals surface area contributed by atoms with Gasteiger partial charge >= 0.3 is 0 Å². The highest BCUT2D eigenvalue weighted by molar-refractivity contribution is 7.86. The van der Waals surface area contributed by atoms with E-state index in [9.17, 15) is 8.42 Å². The molecule has 0 unspecified atom stereocenters. The maximum atomic E-state index is 12.8. The van der Waals surface area contributed by atoms with Crippen molar-refractivity contribution in [3.05, 3.63) is 0 Å². The molecule has 2 aliphatic rings. The van der Waals surface area contributed by atoms with Crippen LogP contribution in [0.4, 0.5) is 0 Å². The molecule has 2 aliphatic heterocycles. The zero-order valence-electron chi connectivity index (χ0n) is 12.1. The normalized spacial score (nSPS) is 35.4. The Balaban J connectivity index is 2.17. The van der Waals surface area contributed by atoms with Gasteiger partial charge in [0, 0.05) is 32.2 Å². The van der Waals surface area contributed by atoms with E-state index in [1.54, 1.807) is 8.61 Å². The number of nitrogens with zero attached hydrogens (tertiary/aromatic N) is 2. The molecule has 3 atom stereocenters. The van der Waals surface area contributed by atoms with Crippen molar-refractivity contribution < 1.29 is 8.42 Å². The summed E-state index contributed by atoms with van der Waals surface area (Å²) in [6, 6.07) is -0.0315. The first-order chi connectivity index (χ1) is 8.96. The third-order valence-corrected chi connectivity index (χ3v) is 6.58. The minimum atomic E-state index is -3.33. The second-order valence-electron chi connectivity index (χ2n) is 6.15. The molecule has 2 fully saturated rings. The topological polar surface area (TPSA) is 66.6 Å². The molecular formula is C13H27N3O2S. The lowest BCUT2D eigenvalue weighted by Crippen LogP contribution is -2.56. The third-order valence-electron chi connectivity index (χ3n) is 4.55. The summed E-state index contributed by atoms with van der Waals surface area (Å²) < 4.78 is 28.9. The van der Waals surface area contributed by atoms with E-state index in [1.165, 1.54) is 0 Å². The van der Waals surface area contributed by atoms with Crippen molar-refractivity contribution >= 4 is 10.2 Å². The number of hydrogen-bond donors (Lipinski definition) is 1. The van der Waals surface area contributed by atoms with Gasteiger partial charge in [0.15, 0.2) is 0 Å². The maximum absolute atomic E-state index is 12.8. The second kappa shape index (κ2) is 6.08. The van der Waals surface area contributed by atoms with Crippen LogP contribution in [0.25, 0.3) is 0 Å². The van der Waals surface area contributed by atoms with Gasteiger partial charge in [0.2, 0.25) is 0 Å². The van der Waals surface area contributed by atoms with Crippen LogP contribution in [0.1, 0.15) is 39.5 Å². The zero-order chi connectivity index (χ0) is 14.0.